The lowest BCUT2D eigenvalue weighted by atomic mass is 9.89. The quantitative estimate of drug-likeness (QED) is 0.871. The molecule has 0 spiro atoms. The fourth-order valence-electron chi connectivity index (χ4n) is 3.51. The van der Waals surface area contributed by atoms with Gasteiger partial charge in [-0.15, -0.1) is 0 Å². The molecule has 0 radical (unpaired) electrons. The van der Waals surface area contributed by atoms with E-state index in [1.807, 2.05) is 0 Å². The lowest BCUT2D eigenvalue weighted by molar-refractivity contribution is -0.122. The van der Waals surface area contributed by atoms with Crippen molar-refractivity contribution in [2.75, 3.05) is 0 Å². The molecular weight excluding hydrogens is 278 g/mol. The van der Waals surface area contributed by atoms with Crippen molar-refractivity contribution < 1.29 is 13.6 Å². The van der Waals surface area contributed by atoms with Crippen molar-refractivity contribution in [3.63, 3.8) is 0 Å². The number of alkyl halides is 2. The Balaban J connectivity index is 1.47. The number of amides is 1. The molecule has 7 heteroatoms. The molecule has 21 heavy (non-hydrogen) atoms. The number of rotatable bonds is 5. The Morgan fingerprint density at radius 3 is 2.81 bits per heavy atom. The Labute approximate surface area is 122 Å². The first-order valence-corrected chi connectivity index (χ1v) is 7.44. The molecule has 1 aromatic rings. The highest BCUT2D eigenvalue weighted by Gasteiger charge is 2.34. The van der Waals surface area contributed by atoms with E-state index in [2.05, 4.69) is 15.6 Å². The summed E-state index contributed by atoms with van der Waals surface area (Å²) < 4.78 is 26.1. The highest BCUT2D eigenvalue weighted by Crippen LogP contribution is 2.32. The number of imidazole rings is 1. The normalized spacial score (nSPS) is 28.0. The van der Waals surface area contributed by atoms with Crippen LogP contribution in [0.2, 0.25) is 0 Å². The van der Waals surface area contributed by atoms with E-state index in [9.17, 15) is 13.6 Å². The number of hydrogen-bond donors (Lipinski definition) is 2. The zero-order valence-corrected chi connectivity index (χ0v) is 11.8. The summed E-state index contributed by atoms with van der Waals surface area (Å²) in [5, 5.41) is 6.24. The lowest BCUT2D eigenvalue weighted by Crippen LogP contribution is -2.39. The van der Waals surface area contributed by atoms with Gasteiger partial charge in [-0.2, -0.15) is 8.78 Å². The van der Waals surface area contributed by atoms with Crippen LogP contribution in [0, 0.1) is 5.92 Å². The molecule has 2 atom stereocenters. The molecule has 1 amide bonds. The second-order valence-electron chi connectivity index (χ2n) is 5.98. The largest absolute Gasteiger partial charge is 0.349 e. The number of nitrogens with zero attached hydrogens (tertiary/aromatic N) is 2. The maximum Gasteiger partial charge on any atom is 0.319 e. The fourth-order valence-corrected chi connectivity index (χ4v) is 3.51. The van der Waals surface area contributed by atoms with Crippen molar-refractivity contribution in [3.05, 3.63) is 18.2 Å². The Morgan fingerprint density at radius 1 is 1.43 bits per heavy atom. The van der Waals surface area contributed by atoms with E-state index < -0.39 is 6.55 Å². The van der Waals surface area contributed by atoms with Crippen molar-refractivity contribution in [3.8, 4) is 0 Å². The first kappa shape index (κ1) is 14.4. The molecule has 2 aliphatic rings. The summed E-state index contributed by atoms with van der Waals surface area (Å²) >= 11 is 0. The molecule has 2 fully saturated rings. The first-order valence-electron chi connectivity index (χ1n) is 7.44. The minimum atomic E-state index is -2.63. The molecule has 2 aliphatic heterocycles. The van der Waals surface area contributed by atoms with Crippen molar-refractivity contribution in [2.45, 2.75) is 57.3 Å². The van der Waals surface area contributed by atoms with Gasteiger partial charge in [-0.3, -0.25) is 9.36 Å². The van der Waals surface area contributed by atoms with Crippen LogP contribution in [0.1, 0.15) is 44.5 Å². The Bertz CT molecular complexity index is 493. The van der Waals surface area contributed by atoms with Crippen LogP contribution in [0.25, 0.3) is 0 Å². The molecule has 2 unspecified atom stereocenters. The molecule has 3 heterocycles. The maximum atomic E-state index is 12.7. The van der Waals surface area contributed by atoms with Gasteiger partial charge < -0.3 is 10.6 Å². The number of carbonyl (C=O) groups excluding carboxylic acids is 1. The minimum absolute atomic E-state index is 0.0496. The van der Waals surface area contributed by atoms with Crippen LogP contribution >= 0.6 is 0 Å². The van der Waals surface area contributed by atoms with Crippen LogP contribution in [-0.2, 0) is 11.3 Å². The van der Waals surface area contributed by atoms with Crippen LogP contribution in [0.4, 0.5) is 8.78 Å². The van der Waals surface area contributed by atoms with Crippen LogP contribution < -0.4 is 10.6 Å². The summed E-state index contributed by atoms with van der Waals surface area (Å²) in [5.41, 5.74) is 0. The third kappa shape index (κ3) is 3.40. The van der Waals surface area contributed by atoms with Crippen LogP contribution in [0.5, 0.6) is 0 Å². The van der Waals surface area contributed by atoms with Crippen molar-refractivity contribution in [1.82, 2.24) is 20.2 Å². The second-order valence-corrected chi connectivity index (χ2v) is 5.98. The highest BCUT2D eigenvalue weighted by atomic mass is 19.3. The smallest absolute Gasteiger partial charge is 0.319 e. The molecule has 2 N–H and O–H groups in total. The van der Waals surface area contributed by atoms with Gasteiger partial charge in [-0.25, -0.2) is 4.98 Å². The number of piperidine rings is 1. The number of hydrogen-bond acceptors (Lipinski definition) is 3. The molecule has 116 valence electrons. The van der Waals surface area contributed by atoms with E-state index in [0.29, 0.717) is 24.4 Å². The van der Waals surface area contributed by atoms with Gasteiger partial charge in [0.2, 0.25) is 5.91 Å². The zero-order chi connectivity index (χ0) is 14.8. The van der Waals surface area contributed by atoms with Gasteiger partial charge in [0.1, 0.15) is 5.82 Å². The molecule has 3 rings (SSSR count). The van der Waals surface area contributed by atoms with E-state index in [1.54, 1.807) is 0 Å². The average Bonchev–Trinajstić information content (AvgIpc) is 3.03. The van der Waals surface area contributed by atoms with Crippen molar-refractivity contribution in [2.24, 2.45) is 5.92 Å². The first-order chi connectivity index (χ1) is 10.1. The predicted octanol–water partition coefficient (Wildman–Crippen LogP) is 1.82. The van der Waals surface area contributed by atoms with Crippen molar-refractivity contribution in [1.29, 1.82) is 0 Å². The summed E-state index contributed by atoms with van der Waals surface area (Å²) in [5.74, 6) is 0.507. The lowest BCUT2D eigenvalue weighted by Gasteiger charge is -2.28. The predicted molar refractivity (Wildman–Crippen MR) is 72.6 cm³/mol. The molecule has 2 saturated heterocycles. The number of aromatic nitrogens is 2. The minimum Gasteiger partial charge on any atom is -0.349 e. The summed E-state index contributed by atoms with van der Waals surface area (Å²) in [4.78, 5) is 15.8. The number of fused-ring (bicyclic) bond motifs is 2. The van der Waals surface area contributed by atoms with E-state index >= 15 is 0 Å². The molecule has 0 aromatic carbocycles. The molecule has 0 saturated carbocycles. The van der Waals surface area contributed by atoms with Crippen LogP contribution in [0.15, 0.2) is 12.4 Å². The van der Waals surface area contributed by atoms with Gasteiger partial charge in [0.25, 0.3) is 0 Å². The van der Waals surface area contributed by atoms with Gasteiger partial charge in [-0.05, 0) is 31.6 Å². The molecule has 0 aliphatic carbocycles. The third-order valence-electron chi connectivity index (χ3n) is 4.45. The van der Waals surface area contributed by atoms with E-state index in [1.165, 1.54) is 25.2 Å². The molecule has 5 nitrogen and oxygen atoms in total. The van der Waals surface area contributed by atoms with Gasteiger partial charge >= 0.3 is 6.55 Å². The Kier molecular flexibility index (Phi) is 4.19. The summed E-state index contributed by atoms with van der Waals surface area (Å²) in [6.45, 7) is -2.58. The van der Waals surface area contributed by atoms with Crippen LogP contribution in [0.3, 0.4) is 0 Å². The van der Waals surface area contributed by atoms with Crippen LogP contribution in [-0.4, -0.2) is 27.5 Å². The highest BCUT2D eigenvalue weighted by molar-refractivity contribution is 5.76. The third-order valence-corrected chi connectivity index (χ3v) is 4.45. The molecule has 1 aromatic heterocycles. The van der Waals surface area contributed by atoms with Gasteiger partial charge in [-0.1, -0.05) is 0 Å². The van der Waals surface area contributed by atoms with Crippen molar-refractivity contribution >= 4 is 5.91 Å². The number of carbonyl (C=O) groups is 1. The van der Waals surface area contributed by atoms with E-state index in [-0.39, 0.29) is 18.3 Å². The zero-order valence-electron chi connectivity index (χ0n) is 11.8. The summed E-state index contributed by atoms with van der Waals surface area (Å²) in [6.07, 6.45) is 7.49. The van der Waals surface area contributed by atoms with Gasteiger partial charge in [0.05, 0.1) is 6.54 Å². The Morgan fingerprint density at radius 2 is 2.14 bits per heavy atom. The Hall–Kier alpha value is -1.50. The monoisotopic (exact) mass is 298 g/mol. The molecule has 2 bridgehead atoms. The van der Waals surface area contributed by atoms with Gasteiger partial charge in [0.15, 0.2) is 0 Å². The number of nitrogens with one attached hydrogen (secondary N) is 2. The maximum absolute atomic E-state index is 12.7. The SMILES string of the molecule is O=C(CC1CC2CCC(C1)N2)NCc1nccn1C(F)F. The number of halogens is 2. The molecular formula is C14H20F2N4O. The average molecular weight is 298 g/mol. The standard InChI is InChI=1S/C14H20F2N4O/c15-14(16)20-4-3-17-12(20)8-18-13(21)7-9-5-10-1-2-11(6-9)19-10/h3-4,9-11,14,19H,1-2,5-8H2,(H,18,21). The fraction of sp³-hybridized carbons (Fsp3) is 0.714. The topological polar surface area (TPSA) is 59.0 Å². The summed E-state index contributed by atoms with van der Waals surface area (Å²) in [6, 6.07) is 1.11. The van der Waals surface area contributed by atoms with Gasteiger partial charge in [0, 0.05) is 30.9 Å². The second kappa shape index (κ2) is 6.09. The summed E-state index contributed by atoms with van der Waals surface area (Å²) in [7, 11) is 0. The van der Waals surface area contributed by atoms with E-state index in [0.717, 1.165) is 17.4 Å². The van der Waals surface area contributed by atoms with E-state index in [4.69, 9.17) is 0 Å².